The van der Waals surface area contributed by atoms with Crippen molar-refractivity contribution in [2.45, 2.75) is 25.6 Å². The summed E-state index contributed by atoms with van der Waals surface area (Å²) in [6.07, 6.45) is 0.399. The minimum atomic E-state index is -4.83. The van der Waals surface area contributed by atoms with E-state index in [9.17, 15) is 32.7 Å². The highest BCUT2D eigenvalue weighted by Gasteiger charge is 2.39. The lowest BCUT2D eigenvalue weighted by Gasteiger charge is -2.37. The Hall–Kier alpha value is -4.80. The summed E-state index contributed by atoms with van der Waals surface area (Å²) in [6.45, 7) is 2.98. The fourth-order valence-electron chi connectivity index (χ4n) is 5.99. The molecule has 3 amide bonds. The van der Waals surface area contributed by atoms with Gasteiger partial charge in [-0.1, -0.05) is 17.7 Å². The topological polar surface area (TPSA) is 151 Å². The van der Waals surface area contributed by atoms with E-state index in [1.54, 1.807) is 4.90 Å². The smallest absolute Gasteiger partial charge is 0.392 e. The van der Waals surface area contributed by atoms with Crippen molar-refractivity contribution in [2.24, 2.45) is 13.0 Å². The van der Waals surface area contributed by atoms with Gasteiger partial charge in [0.15, 0.2) is 17.3 Å². The SMILES string of the molecule is Cn1c(-c2cn(-c3ccc(CO)cn3)nc2C(F)(F)F)cnc1C(=O)Nc1ccc(C(=O)N2CCN(C(=O)C3CCNCC3)CC2)c(Cl)c1. The van der Waals surface area contributed by atoms with Crippen LogP contribution in [0.3, 0.4) is 0 Å². The lowest BCUT2D eigenvalue weighted by atomic mass is 9.96. The van der Waals surface area contributed by atoms with Gasteiger partial charge in [0.1, 0.15) is 0 Å². The lowest BCUT2D eigenvalue weighted by Crippen LogP contribution is -2.52. The van der Waals surface area contributed by atoms with E-state index >= 15 is 0 Å². The second-order valence-electron chi connectivity index (χ2n) is 11.8. The van der Waals surface area contributed by atoms with Gasteiger partial charge in [-0.25, -0.2) is 14.6 Å². The van der Waals surface area contributed by atoms with Crippen LogP contribution >= 0.6 is 11.6 Å². The number of hydrogen-bond acceptors (Lipinski definition) is 8. The first-order valence-electron chi connectivity index (χ1n) is 15.6. The zero-order chi connectivity index (χ0) is 34.9. The Morgan fingerprint density at radius 3 is 2.37 bits per heavy atom. The highest BCUT2D eigenvalue weighted by atomic mass is 35.5. The summed E-state index contributed by atoms with van der Waals surface area (Å²) in [4.78, 5) is 51.0. The van der Waals surface area contributed by atoms with Crippen LogP contribution in [0.4, 0.5) is 18.9 Å². The van der Waals surface area contributed by atoms with Crippen molar-refractivity contribution < 1.29 is 32.7 Å². The summed E-state index contributed by atoms with van der Waals surface area (Å²) in [5, 5.41) is 18.9. The maximum absolute atomic E-state index is 14.0. The van der Waals surface area contributed by atoms with E-state index in [2.05, 4.69) is 25.7 Å². The van der Waals surface area contributed by atoms with Gasteiger partial charge in [-0.2, -0.15) is 18.3 Å². The van der Waals surface area contributed by atoms with Gasteiger partial charge >= 0.3 is 6.18 Å². The van der Waals surface area contributed by atoms with Crippen LogP contribution in [0.5, 0.6) is 0 Å². The van der Waals surface area contributed by atoms with Crippen molar-refractivity contribution in [3.8, 4) is 17.1 Å². The number of anilines is 1. The van der Waals surface area contributed by atoms with E-state index in [0.717, 1.165) is 43.0 Å². The van der Waals surface area contributed by atoms with Gasteiger partial charge in [0.05, 0.1) is 34.6 Å². The highest BCUT2D eigenvalue weighted by Crippen LogP contribution is 2.37. The maximum Gasteiger partial charge on any atom is 0.435 e. The molecule has 0 radical (unpaired) electrons. The lowest BCUT2D eigenvalue weighted by molar-refractivity contribution is -0.141. The molecular formula is C32H33ClF3N9O4. The number of imidazole rings is 1. The van der Waals surface area contributed by atoms with Crippen LogP contribution in [-0.4, -0.2) is 96.2 Å². The predicted octanol–water partition coefficient (Wildman–Crippen LogP) is 3.37. The number of amides is 3. The second-order valence-corrected chi connectivity index (χ2v) is 12.2. The van der Waals surface area contributed by atoms with Crippen molar-refractivity contribution in [3.05, 3.63) is 76.6 Å². The summed E-state index contributed by atoms with van der Waals surface area (Å²) in [5.41, 5.74) is -0.585. The fraction of sp³-hybridized carbons (Fsp3) is 0.375. The molecule has 6 rings (SSSR count). The number of piperazine rings is 1. The highest BCUT2D eigenvalue weighted by molar-refractivity contribution is 6.34. The Morgan fingerprint density at radius 2 is 1.73 bits per heavy atom. The molecule has 2 fully saturated rings. The zero-order valence-electron chi connectivity index (χ0n) is 26.4. The molecule has 13 nitrogen and oxygen atoms in total. The van der Waals surface area contributed by atoms with Crippen LogP contribution in [0.15, 0.2) is 48.9 Å². The summed E-state index contributed by atoms with van der Waals surface area (Å²) in [7, 11) is 1.40. The number of alkyl halides is 3. The summed E-state index contributed by atoms with van der Waals surface area (Å²) in [6, 6.07) is 7.33. The maximum atomic E-state index is 14.0. The minimum absolute atomic E-state index is 0.00825. The molecule has 0 saturated carbocycles. The number of aliphatic hydroxyl groups is 1. The van der Waals surface area contributed by atoms with Gasteiger partial charge in [-0.05, 0) is 55.8 Å². The summed E-state index contributed by atoms with van der Waals surface area (Å²) < 4.78 is 44.3. The Labute approximate surface area is 283 Å². The number of carbonyl (C=O) groups excluding carboxylic acids is 3. The second kappa shape index (κ2) is 14.0. The van der Waals surface area contributed by atoms with Gasteiger partial charge in [0.25, 0.3) is 11.8 Å². The monoisotopic (exact) mass is 699 g/mol. The zero-order valence-corrected chi connectivity index (χ0v) is 27.1. The third-order valence-electron chi connectivity index (χ3n) is 8.70. The third kappa shape index (κ3) is 7.16. The normalized spacial score (nSPS) is 15.8. The van der Waals surface area contributed by atoms with E-state index in [4.69, 9.17) is 11.6 Å². The summed E-state index contributed by atoms with van der Waals surface area (Å²) in [5.74, 6) is -0.974. The molecule has 3 N–H and O–H groups in total. The Kier molecular flexibility index (Phi) is 9.72. The quantitative estimate of drug-likeness (QED) is 0.266. The largest absolute Gasteiger partial charge is 0.435 e. The first kappa shape index (κ1) is 34.1. The van der Waals surface area contributed by atoms with Crippen molar-refractivity contribution >= 4 is 35.0 Å². The van der Waals surface area contributed by atoms with E-state index in [1.807, 2.05) is 4.90 Å². The predicted molar refractivity (Wildman–Crippen MR) is 172 cm³/mol. The number of pyridine rings is 1. The van der Waals surface area contributed by atoms with Crippen LogP contribution < -0.4 is 10.6 Å². The first-order chi connectivity index (χ1) is 23.4. The average Bonchev–Trinajstić information content (AvgIpc) is 3.72. The first-order valence-corrected chi connectivity index (χ1v) is 16.0. The molecule has 0 unspecified atom stereocenters. The number of nitrogens with zero attached hydrogens (tertiary/aromatic N) is 7. The Balaban J connectivity index is 1.13. The van der Waals surface area contributed by atoms with Gasteiger partial charge in [-0.3, -0.25) is 14.4 Å². The average molecular weight is 700 g/mol. The molecule has 0 bridgehead atoms. The molecule has 0 atom stereocenters. The number of piperidine rings is 1. The molecular weight excluding hydrogens is 667 g/mol. The number of aromatic nitrogens is 5. The third-order valence-corrected chi connectivity index (χ3v) is 9.01. The van der Waals surface area contributed by atoms with E-state index in [0.29, 0.717) is 31.7 Å². The molecule has 3 aromatic heterocycles. The molecule has 258 valence electrons. The number of hydrogen-bond donors (Lipinski definition) is 3. The van der Waals surface area contributed by atoms with Crippen molar-refractivity contribution in [1.29, 1.82) is 0 Å². The van der Waals surface area contributed by atoms with Crippen molar-refractivity contribution in [2.75, 3.05) is 44.6 Å². The van der Waals surface area contributed by atoms with Crippen LogP contribution in [0, 0.1) is 5.92 Å². The minimum Gasteiger partial charge on any atom is -0.392 e. The summed E-state index contributed by atoms with van der Waals surface area (Å²) >= 11 is 6.48. The van der Waals surface area contributed by atoms with Gasteiger partial charge in [-0.15, -0.1) is 0 Å². The molecule has 1 aromatic carbocycles. The number of nitrogens with one attached hydrogen (secondary N) is 2. The Bertz CT molecular complexity index is 1860. The molecule has 2 aliphatic heterocycles. The Morgan fingerprint density at radius 1 is 1.02 bits per heavy atom. The van der Waals surface area contributed by atoms with E-state index < -0.39 is 17.8 Å². The van der Waals surface area contributed by atoms with Gasteiger partial charge < -0.3 is 30.1 Å². The molecule has 5 heterocycles. The molecule has 49 heavy (non-hydrogen) atoms. The van der Waals surface area contributed by atoms with Crippen molar-refractivity contribution in [3.63, 3.8) is 0 Å². The molecule has 2 aliphatic rings. The number of aliphatic hydroxyl groups excluding tert-OH is 1. The number of rotatable bonds is 7. The van der Waals surface area contributed by atoms with Gasteiger partial charge in [0, 0.05) is 57.2 Å². The van der Waals surface area contributed by atoms with Crippen molar-refractivity contribution in [1.82, 2.24) is 39.4 Å². The number of carbonyl (C=O) groups is 3. The van der Waals surface area contributed by atoms with E-state index in [-0.39, 0.29) is 63.5 Å². The number of halogens is 4. The molecule has 17 heteroatoms. The molecule has 2 saturated heterocycles. The molecule has 4 aromatic rings. The van der Waals surface area contributed by atoms with Crippen LogP contribution in [0.2, 0.25) is 5.02 Å². The van der Waals surface area contributed by atoms with Gasteiger partial charge in [0.2, 0.25) is 5.91 Å². The van der Waals surface area contributed by atoms with Crippen LogP contribution in [0.25, 0.3) is 17.1 Å². The standard InChI is InChI=1S/C32H33ClF3N9O4/c1-42-25(23-17-45(41-27(23)32(34,35)36)26-5-2-19(18-46)15-38-26)16-39-28(42)29(47)40-21-3-4-22(24(33)14-21)31(49)44-12-10-43(11-13-44)30(48)20-6-8-37-9-7-20/h2-5,14-17,20,37,46H,6-13,18H2,1H3,(H,40,47). The fourth-order valence-corrected chi connectivity index (χ4v) is 6.25. The van der Waals surface area contributed by atoms with E-state index in [1.165, 1.54) is 48.1 Å². The molecule has 0 spiro atoms. The van der Waals surface area contributed by atoms with Crippen LogP contribution in [0.1, 0.15) is 45.1 Å². The molecule has 0 aliphatic carbocycles. The number of benzene rings is 1. The van der Waals surface area contributed by atoms with Crippen LogP contribution in [-0.2, 0) is 24.6 Å².